The summed E-state index contributed by atoms with van der Waals surface area (Å²) in [7, 11) is 0. The van der Waals surface area contributed by atoms with E-state index >= 15 is 0 Å². The predicted molar refractivity (Wildman–Crippen MR) is 57.5 cm³/mol. The highest BCUT2D eigenvalue weighted by Gasteiger charge is 2.24. The van der Waals surface area contributed by atoms with Gasteiger partial charge < -0.3 is 15.4 Å². The van der Waals surface area contributed by atoms with E-state index < -0.39 is 0 Å². The van der Waals surface area contributed by atoms with Gasteiger partial charge in [0.25, 0.3) is 0 Å². The number of nitrogens with one attached hydrogen (secondary N) is 2. The molecule has 2 aliphatic rings. The summed E-state index contributed by atoms with van der Waals surface area (Å²) in [5.74, 6) is 1.23. The molecule has 0 aromatic carbocycles. The van der Waals surface area contributed by atoms with Crippen LogP contribution in [0, 0.1) is 11.8 Å². The molecule has 86 valence electrons. The Hall–Kier alpha value is -0.610. The number of carbonyl (C=O) groups is 1. The van der Waals surface area contributed by atoms with Gasteiger partial charge in [0.1, 0.15) is 0 Å². The van der Waals surface area contributed by atoms with Crippen molar-refractivity contribution < 1.29 is 9.53 Å². The molecule has 15 heavy (non-hydrogen) atoms. The smallest absolute Gasteiger partial charge is 0.225 e. The number of hydrogen-bond donors (Lipinski definition) is 2. The lowest BCUT2D eigenvalue weighted by atomic mass is 10.0. The van der Waals surface area contributed by atoms with Crippen molar-refractivity contribution in [2.45, 2.75) is 19.3 Å². The third-order valence-electron chi connectivity index (χ3n) is 2.97. The van der Waals surface area contributed by atoms with Gasteiger partial charge in [-0.05, 0) is 25.2 Å². The second-order valence-corrected chi connectivity index (χ2v) is 4.52. The number of carbonyl (C=O) groups excluding carboxylic acids is 1. The first kappa shape index (κ1) is 10.9. The van der Waals surface area contributed by atoms with Crippen LogP contribution in [0.15, 0.2) is 0 Å². The summed E-state index contributed by atoms with van der Waals surface area (Å²) in [6, 6.07) is 0. The molecule has 2 N–H and O–H groups in total. The fraction of sp³-hybridized carbons (Fsp3) is 0.909. The molecule has 0 aromatic heterocycles. The van der Waals surface area contributed by atoms with E-state index in [2.05, 4.69) is 10.6 Å². The summed E-state index contributed by atoms with van der Waals surface area (Å²) < 4.78 is 5.48. The van der Waals surface area contributed by atoms with Crippen LogP contribution in [0.25, 0.3) is 0 Å². The average molecular weight is 212 g/mol. The first-order chi connectivity index (χ1) is 7.36. The lowest BCUT2D eigenvalue weighted by molar-refractivity contribution is -0.126. The zero-order valence-electron chi connectivity index (χ0n) is 9.13. The number of rotatable bonds is 7. The van der Waals surface area contributed by atoms with E-state index in [9.17, 15) is 4.79 Å². The molecule has 0 unspecified atom stereocenters. The first-order valence-corrected chi connectivity index (χ1v) is 5.92. The van der Waals surface area contributed by atoms with Crippen LogP contribution in [0.2, 0.25) is 0 Å². The van der Waals surface area contributed by atoms with Crippen molar-refractivity contribution >= 4 is 5.91 Å². The van der Waals surface area contributed by atoms with Gasteiger partial charge in [-0.1, -0.05) is 0 Å². The SMILES string of the molecule is O=C(NCCCOCC1CC1)C1CNC1. The first-order valence-electron chi connectivity index (χ1n) is 5.92. The quantitative estimate of drug-likeness (QED) is 0.590. The molecule has 0 bridgehead atoms. The van der Waals surface area contributed by atoms with Crippen LogP contribution in [0.5, 0.6) is 0 Å². The standard InChI is InChI=1S/C11H20N2O2/c14-11(10-6-12-7-10)13-4-1-5-15-8-9-2-3-9/h9-10,12H,1-8H2,(H,13,14). The second kappa shape index (κ2) is 5.47. The Morgan fingerprint density at radius 3 is 2.80 bits per heavy atom. The van der Waals surface area contributed by atoms with E-state index in [1.54, 1.807) is 0 Å². The maximum Gasteiger partial charge on any atom is 0.225 e. The van der Waals surface area contributed by atoms with Crippen LogP contribution in [0.3, 0.4) is 0 Å². The van der Waals surface area contributed by atoms with Crippen LogP contribution in [0.1, 0.15) is 19.3 Å². The van der Waals surface area contributed by atoms with Crippen molar-refractivity contribution in [3.63, 3.8) is 0 Å². The number of ether oxygens (including phenoxy) is 1. The van der Waals surface area contributed by atoms with E-state index in [4.69, 9.17) is 4.74 Å². The van der Waals surface area contributed by atoms with Gasteiger partial charge in [0.15, 0.2) is 0 Å². The van der Waals surface area contributed by atoms with Gasteiger partial charge in [-0.15, -0.1) is 0 Å². The Morgan fingerprint density at radius 2 is 2.20 bits per heavy atom. The molecule has 1 saturated heterocycles. The normalized spacial score (nSPS) is 21.1. The van der Waals surface area contributed by atoms with Crippen LogP contribution >= 0.6 is 0 Å². The van der Waals surface area contributed by atoms with Gasteiger partial charge in [-0.3, -0.25) is 4.79 Å². The zero-order chi connectivity index (χ0) is 10.5. The molecule has 2 rings (SSSR count). The third kappa shape index (κ3) is 3.80. The summed E-state index contributed by atoms with van der Waals surface area (Å²) in [6.07, 6.45) is 3.61. The van der Waals surface area contributed by atoms with Gasteiger partial charge in [0, 0.05) is 32.8 Å². The maximum absolute atomic E-state index is 11.4. The Bertz CT molecular complexity index is 213. The Balaban J connectivity index is 1.38. The molecule has 4 nitrogen and oxygen atoms in total. The zero-order valence-corrected chi connectivity index (χ0v) is 9.13. The van der Waals surface area contributed by atoms with E-state index in [1.165, 1.54) is 12.8 Å². The van der Waals surface area contributed by atoms with Gasteiger partial charge in [-0.2, -0.15) is 0 Å². The van der Waals surface area contributed by atoms with Crippen LogP contribution in [-0.4, -0.2) is 38.8 Å². The minimum absolute atomic E-state index is 0.191. The molecule has 1 aliphatic carbocycles. The molecule has 2 fully saturated rings. The number of hydrogen-bond acceptors (Lipinski definition) is 3. The van der Waals surface area contributed by atoms with E-state index in [0.29, 0.717) is 0 Å². The van der Waals surface area contributed by atoms with Gasteiger partial charge in [-0.25, -0.2) is 0 Å². The molecule has 0 spiro atoms. The average Bonchev–Trinajstić information content (AvgIpc) is 2.91. The summed E-state index contributed by atoms with van der Waals surface area (Å²) in [5, 5.41) is 6.02. The fourth-order valence-corrected chi connectivity index (χ4v) is 1.54. The summed E-state index contributed by atoms with van der Waals surface area (Å²) in [6.45, 7) is 4.12. The lowest BCUT2D eigenvalue weighted by Crippen LogP contribution is -2.50. The van der Waals surface area contributed by atoms with Crippen molar-refractivity contribution in [1.82, 2.24) is 10.6 Å². The maximum atomic E-state index is 11.4. The Kier molecular flexibility index (Phi) is 3.97. The van der Waals surface area contributed by atoms with Crippen molar-refractivity contribution in [3.8, 4) is 0 Å². The molecule has 4 heteroatoms. The molecular formula is C11H20N2O2. The topological polar surface area (TPSA) is 50.4 Å². The van der Waals surface area contributed by atoms with Gasteiger partial charge >= 0.3 is 0 Å². The Morgan fingerprint density at radius 1 is 1.40 bits per heavy atom. The fourth-order valence-electron chi connectivity index (χ4n) is 1.54. The van der Waals surface area contributed by atoms with Gasteiger partial charge in [0.2, 0.25) is 5.91 Å². The predicted octanol–water partition coefficient (Wildman–Crippen LogP) is 0.139. The van der Waals surface area contributed by atoms with Gasteiger partial charge in [0.05, 0.1) is 5.92 Å². The molecule has 0 radical (unpaired) electrons. The monoisotopic (exact) mass is 212 g/mol. The van der Waals surface area contributed by atoms with Crippen molar-refractivity contribution in [2.75, 3.05) is 32.8 Å². The van der Waals surface area contributed by atoms with Crippen molar-refractivity contribution in [1.29, 1.82) is 0 Å². The highest BCUT2D eigenvalue weighted by Crippen LogP contribution is 2.28. The minimum atomic E-state index is 0.191. The molecule has 1 aliphatic heterocycles. The van der Waals surface area contributed by atoms with Crippen LogP contribution in [-0.2, 0) is 9.53 Å². The third-order valence-corrected chi connectivity index (χ3v) is 2.97. The Labute approximate surface area is 90.8 Å². The highest BCUT2D eigenvalue weighted by atomic mass is 16.5. The molecule has 1 amide bonds. The summed E-state index contributed by atoms with van der Waals surface area (Å²) in [5.41, 5.74) is 0. The molecule has 0 aromatic rings. The van der Waals surface area contributed by atoms with Crippen LogP contribution < -0.4 is 10.6 Å². The highest BCUT2D eigenvalue weighted by molar-refractivity contribution is 5.79. The summed E-state index contributed by atoms with van der Waals surface area (Å²) in [4.78, 5) is 11.4. The molecular weight excluding hydrogens is 192 g/mol. The number of amides is 1. The molecule has 1 heterocycles. The van der Waals surface area contributed by atoms with Crippen molar-refractivity contribution in [2.24, 2.45) is 11.8 Å². The minimum Gasteiger partial charge on any atom is -0.381 e. The van der Waals surface area contributed by atoms with Crippen LogP contribution in [0.4, 0.5) is 0 Å². The van der Waals surface area contributed by atoms with E-state index in [1.807, 2.05) is 0 Å². The van der Waals surface area contributed by atoms with E-state index in [0.717, 1.165) is 45.2 Å². The largest absolute Gasteiger partial charge is 0.381 e. The molecule has 0 atom stereocenters. The van der Waals surface area contributed by atoms with Crippen molar-refractivity contribution in [3.05, 3.63) is 0 Å². The van der Waals surface area contributed by atoms with E-state index in [-0.39, 0.29) is 11.8 Å². The molecule has 1 saturated carbocycles. The second-order valence-electron chi connectivity index (χ2n) is 4.52. The summed E-state index contributed by atoms with van der Waals surface area (Å²) >= 11 is 0. The lowest BCUT2D eigenvalue weighted by Gasteiger charge is -2.25.